The summed E-state index contributed by atoms with van der Waals surface area (Å²) in [6.07, 6.45) is 0.970. The van der Waals surface area contributed by atoms with Gasteiger partial charge in [0.1, 0.15) is 0 Å². The fourth-order valence-corrected chi connectivity index (χ4v) is 4.07. The number of benzene rings is 2. The summed E-state index contributed by atoms with van der Waals surface area (Å²) in [4.78, 5) is 12.5. The lowest BCUT2D eigenvalue weighted by Crippen LogP contribution is -2.13. The van der Waals surface area contributed by atoms with Crippen molar-refractivity contribution in [3.63, 3.8) is 0 Å². The summed E-state index contributed by atoms with van der Waals surface area (Å²) in [7, 11) is -3.87. The molecule has 130 valence electrons. The van der Waals surface area contributed by atoms with Gasteiger partial charge in [-0.05, 0) is 38.1 Å². The SMILES string of the molecule is CC(C)OC(=O)c1cn(S(=O)(=O)c2ccccc2)c2cc(Cl)ccc12. The monoisotopic (exact) mass is 377 g/mol. The Bertz CT molecular complexity index is 1040. The van der Waals surface area contributed by atoms with Crippen molar-refractivity contribution < 1.29 is 17.9 Å². The van der Waals surface area contributed by atoms with Gasteiger partial charge in [-0.2, -0.15) is 0 Å². The highest BCUT2D eigenvalue weighted by molar-refractivity contribution is 7.90. The van der Waals surface area contributed by atoms with Crippen LogP contribution in [-0.2, 0) is 14.8 Å². The Morgan fingerprint density at radius 3 is 2.44 bits per heavy atom. The summed E-state index contributed by atoms with van der Waals surface area (Å²) in [5.41, 5.74) is 0.506. The van der Waals surface area contributed by atoms with Gasteiger partial charge in [0.2, 0.25) is 0 Å². The van der Waals surface area contributed by atoms with Gasteiger partial charge in [-0.15, -0.1) is 0 Å². The summed E-state index contributed by atoms with van der Waals surface area (Å²) < 4.78 is 32.3. The largest absolute Gasteiger partial charge is 0.459 e. The molecule has 3 aromatic rings. The number of fused-ring (bicyclic) bond motifs is 1. The van der Waals surface area contributed by atoms with Crippen LogP contribution in [0.5, 0.6) is 0 Å². The van der Waals surface area contributed by atoms with E-state index in [1.807, 2.05) is 0 Å². The molecule has 0 amide bonds. The van der Waals surface area contributed by atoms with E-state index in [-0.39, 0.29) is 16.6 Å². The fraction of sp³-hybridized carbons (Fsp3) is 0.167. The van der Waals surface area contributed by atoms with E-state index in [9.17, 15) is 13.2 Å². The highest BCUT2D eigenvalue weighted by Gasteiger charge is 2.24. The van der Waals surface area contributed by atoms with Gasteiger partial charge in [0, 0.05) is 16.6 Å². The molecule has 0 aliphatic heterocycles. The molecule has 0 spiro atoms. The summed E-state index contributed by atoms with van der Waals surface area (Å²) in [6.45, 7) is 3.46. The zero-order valence-corrected chi connectivity index (χ0v) is 15.2. The van der Waals surface area contributed by atoms with Gasteiger partial charge >= 0.3 is 5.97 Å². The van der Waals surface area contributed by atoms with E-state index in [1.165, 1.54) is 24.4 Å². The zero-order chi connectivity index (χ0) is 18.2. The lowest BCUT2D eigenvalue weighted by molar-refractivity contribution is 0.0380. The van der Waals surface area contributed by atoms with Crippen LogP contribution >= 0.6 is 11.6 Å². The van der Waals surface area contributed by atoms with Gasteiger partial charge in [-0.3, -0.25) is 0 Å². The lowest BCUT2D eigenvalue weighted by atomic mass is 10.2. The first-order chi connectivity index (χ1) is 11.8. The van der Waals surface area contributed by atoms with Gasteiger partial charge in [0.05, 0.1) is 22.1 Å². The number of aromatic nitrogens is 1. The van der Waals surface area contributed by atoms with Crippen LogP contribution in [0.25, 0.3) is 10.9 Å². The molecular weight excluding hydrogens is 362 g/mol. The van der Waals surface area contributed by atoms with Crippen molar-refractivity contribution in [1.29, 1.82) is 0 Å². The Labute approximate surface area is 150 Å². The van der Waals surface area contributed by atoms with E-state index in [4.69, 9.17) is 16.3 Å². The van der Waals surface area contributed by atoms with Gasteiger partial charge in [-0.1, -0.05) is 35.9 Å². The van der Waals surface area contributed by atoms with E-state index in [1.54, 1.807) is 44.2 Å². The number of carbonyl (C=O) groups excluding carboxylic acids is 1. The third kappa shape index (κ3) is 3.27. The highest BCUT2D eigenvalue weighted by Crippen LogP contribution is 2.29. The zero-order valence-electron chi connectivity index (χ0n) is 13.6. The van der Waals surface area contributed by atoms with Crippen molar-refractivity contribution in [2.75, 3.05) is 0 Å². The number of hydrogen-bond acceptors (Lipinski definition) is 4. The number of ether oxygens (including phenoxy) is 1. The quantitative estimate of drug-likeness (QED) is 0.642. The van der Waals surface area contributed by atoms with Crippen LogP contribution in [0.3, 0.4) is 0 Å². The molecule has 25 heavy (non-hydrogen) atoms. The van der Waals surface area contributed by atoms with Crippen LogP contribution in [0, 0.1) is 0 Å². The summed E-state index contributed by atoms with van der Waals surface area (Å²) in [5.74, 6) is -0.579. The standard InChI is InChI=1S/C18H16ClNO4S/c1-12(2)24-18(21)16-11-20(17-10-13(19)8-9-15(16)17)25(22,23)14-6-4-3-5-7-14/h3-12H,1-2H3. The van der Waals surface area contributed by atoms with Gasteiger partial charge in [0.15, 0.2) is 0 Å². The Morgan fingerprint density at radius 1 is 1.12 bits per heavy atom. The summed E-state index contributed by atoms with van der Waals surface area (Å²) in [6, 6.07) is 12.7. The molecule has 0 aliphatic rings. The van der Waals surface area contributed by atoms with Gasteiger partial charge < -0.3 is 4.74 Å². The second-order valence-corrected chi connectivity index (χ2v) is 8.02. The molecule has 0 fully saturated rings. The molecule has 3 rings (SSSR count). The molecule has 0 unspecified atom stereocenters. The van der Waals surface area contributed by atoms with Crippen LogP contribution in [0.2, 0.25) is 5.02 Å². The van der Waals surface area contributed by atoms with Crippen LogP contribution < -0.4 is 0 Å². The summed E-state index contributed by atoms with van der Waals surface area (Å²) in [5, 5.41) is 0.841. The molecule has 0 N–H and O–H groups in total. The third-order valence-corrected chi connectivity index (χ3v) is 5.52. The van der Waals surface area contributed by atoms with Gasteiger partial charge in [-0.25, -0.2) is 17.2 Å². The van der Waals surface area contributed by atoms with Crippen LogP contribution in [0.4, 0.5) is 0 Å². The lowest BCUT2D eigenvalue weighted by Gasteiger charge is -2.07. The molecule has 5 nitrogen and oxygen atoms in total. The van der Waals surface area contributed by atoms with E-state index in [2.05, 4.69) is 0 Å². The first kappa shape index (κ1) is 17.5. The Morgan fingerprint density at radius 2 is 1.80 bits per heavy atom. The normalized spacial score (nSPS) is 11.8. The first-order valence-electron chi connectivity index (χ1n) is 7.63. The molecule has 0 bridgehead atoms. The van der Waals surface area contributed by atoms with Crippen molar-refractivity contribution in [2.45, 2.75) is 24.8 Å². The smallest absolute Gasteiger partial charge is 0.340 e. The van der Waals surface area contributed by atoms with Crippen molar-refractivity contribution in [2.24, 2.45) is 0 Å². The average Bonchev–Trinajstić information content (AvgIpc) is 2.94. The topological polar surface area (TPSA) is 65.4 Å². The molecule has 7 heteroatoms. The number of esters is 1. The predicted octanol–water partition coefficient (Wildman–Crippen LogP) is 4.10. The second-order valence-electron chi connectivity index (χ2n) is 5.77. The van der Waals surface area contributed by atoms with Crippen LogP contribution in [0.1, 0.15) is 24.2 Å². The van der Waals surface area contributed by atoms with Crippen molar-refractivity contribution >= 4 is 38.5 Å². The number of carbonyl (C=O) groups is 1. The number of halogens is 1. The molecule has 1 heterocycles. The average molecular weight is 378 g/mol. The number of rotatable bonds is 4. The Balaban J connectivity index is 2.26. The van der Waals surface area contributed by atoms with E-state index in [0.717, 1.165) is 3.97 Å². The minimum atomic E-state index is -3.87. The maximum atomic E-state index is 13.0. The van der Waals surface area contributed by atoms with E-state index >= 15 is 0 Å². The molecule has 2 aromatic carbocycles. The predicted molar refractivity (Wildman–Crippen MR) is 96.5 cm³/mol. The Hall–Kier alpha value is -2.31. The Kier molecular flexibility index (Phi) is 4.58. The van der Waals surface area contributed by atoms with Crippen LogP contribution in [-0.4, -0.2) is 24.5 Å². The summed E-state index contributed by atoms with van der Waals surface area (Å²) >= 11 is 6.04. The van der Waals surface area contributed by atoms with Gasteiger partial charge in [0.25, 0.3) is 10.0 Å². The minimum absolute atomic E-state index is 0.121. The molecular formula is C18H16ClNO4S. The molecule has 0 aliphatic carbocycles. The second kappa shape index (κ2) is 6.54. The molecule has 0 atom stereocenters. The van der Waals surface area contributed by atoms with Crippen molar-refractivity contribution in [1.82, 2.24) is 3.97 Å². The van der Waals surface area contributed by atoms with E-state index in [0.29, 0.717) is 15.9 Å². The maximum Gasteiger partial charge on any atom is 0.340 e. The molecule has 1 aromatic heterocycles. The first-order valence-corrected chi connectivity index (χ1v) is 9.44. The molecule has 0 saturated heterocycles. The minimum Gasteiger partial charge on any atom is -0.459 e. The molecule has 0 saturated carbocycles. The third-order valence-electron chi connectivity index (χ3n) is 3.60. The molecule has 0 radical (unpaired) electrons. The van der Waals surface area contributed by atoms with E-state index < -0.39 is 16.0 Å². The van der Waals surface area contributed by atoms with Crippen molar-refractivity contribution in [3.8, 4) is 0 Å². The van der Waals surface area contributed by atoms with Crippen molar-refractivity contribution in [3.05, 3.63) is 65.3 Å². The maximum absolute atomic E-state index is 13.0. The van der Waals surface area contributed by atoms with Crippen LogP contribution in [0.15, 0.2) is 59.6 Å². The number of hydrogen-bond donors (Lipinski definition) is 0. The highest BCUT2D eigenvalue weighted by atomic mass is 35.5. The fourth-order valence-electron chi connectivity index (χ4n) is 2.52. The number of nitrogens with zero attached hydrogens (tertiary/aromatic N) is 1.